The molecule has 0 aliphatic heterocycles. The van der Waals surface area contributed by atoms with E-state index in [2.05, 4.69) is 20.4 Å². The summed E-state index contributed by atoms with van der Waals surface area (Å²) in [6, 6.07) is 3.40. The predicted molar refractivity (Wildman–Crippen MR) is 60.2 cm³/mol. The van der Waals surface area contributed by atoms with Crippen molar-refractivity contribution in [2.45, 2.75) is 19.9 Å². The van der Waals surface area contributed by atoms with Crippen molar-refractivity contribution in [3.05, 3.63) is 12.1 Å². The summed E-state index contributed by atoms with van der Waals surface area (Å²) in [5.74, 6) is 1.16. The molecule has 0 bridgehead atoms. The quantitative estimate of drug-likeness (QED) is 0.769. The van der Waals surface area contributed by atoms with Crippen LogP contribution in [0.5, 0.6) is 0 Å². The summed E-state index contributed by atoms with van der Waals surface area (Å²) in [5, 5.41) is 12.0. The fraction of sp³-hybridized carbons (Fsp3) is 0.333. The first-order valence-electron chi connectivity index (χ1n) is 5.01. The number of nitrogens with zero attached hydrogens (tertiary/aromatic N) is 5. The molecule has 16 heavy (non-hydrogen) atoms. The third kappa shape index (κ3) is 1.92. The first kappa shape index (κ1) is 10.3. The topological polar surface area (TPSA) is 109 Å². The smallest absolute Gasteiger partial charge is 0.208 e. The second-order valence-electron chi connectivity index (χ2n) is 3.38. The number of hydrogen-bond donors (Lipinski definition) is 2. The van der Waals surface area contributed by atoms with Gasteiger partial charge < -0.3 is 11.5 Å². The number of anilines is 2. The second-order valence-corrected chi connectivity index (χ2v) is 3.38. The summed E-state index contributed by atoms with van der Waals surface area (Å²) < 4.78 is 0. The van der Waals surface area contributed by atoms with E-state index in [1.165, 1.54) is 4.80 Å². The van der Waals surface area contributed by atoms with Crippen LogP contribution in [0.1, 0.15) is 13.3 Å². The monoisotopic (exact) mass is 219 g/mol. The highest BCUT2D eigenvalue weighted by molar-refractivity contribution is 5.69. The number of pyridine rings is 1. The molecule has 0 fully saturated rings. The number of aryl methyl sites for hydroxylation is 1. The molecule has 2 aromatic rings. The summed E-state index contributed by atoms with van der Waals surface area (Å²) in [6.45, 7) is 2.78. The minimum atomic E-state index is 0.316. The van der Waals surface area contributed by atoms with E-state index in [0.717, 1.165) is 13.0 Å². The molecule has 0 aliphatic carbocycles. The Bertz CT molecular complexity index is 490. The average molecular weight is 219 g/mol. The average Bonchev–Trinajstić information content (AvgIpc) is 2.67. The first-order valence-corrected chi connectivity index (χ1v) is 5.01. The normalized spacial score (nSPS) is 10.6. The van der Waals surface area contributed by atoms with Crippen molar-refractivity contribution in [3.63, 3.8) is 0 Å². The molecule has 0 radical (unpaired) electrons. The number of hydrogen-bond acceptors (Lipinski definition) is 6. The lowest BCUT2D eigenvalue weighted by Crippen LogP contribution is -2.02. The summed E-state index contributed by atoms with van der Waals surface area (Å²) >= 11 is 0. The zero-order chi connectivity index (χ0) is 11.5. The Labute approximate surface area is 92.5 Å². The van der Waals surface area contributed by atoms with Crippen molar-refractivity contribution in [1.82, 2.24) is 25.2 Å². The highest BCUT2D eigenvalue weighted by Crippen LogP contribution is 2.20. The van der Waals surface area contributed by atoms with Crippen LogP contribution < -0.4 is 11.5 Å². The van der Waals surface area contributed by atoms with Gasteiger partial charge in [-0.1, -0.05) is 6.92 Å². The lowest BCUT2D eigenvalue weighted by atomic mass is 10.2. The molecule has 0 saturated heterocycles. The van der Waals surface area contributed by atoms with Crippen LogP contribution in [-0.2, 0) is 6.54 Å². The fourth-order valence-corrected chi connectivity index (χ4v) is 1.33. The Kier molecular flexibility index (Phi) is 2.67. The van der Waals surface area contributed by atoms with Crippen LogP contribution in [0.15, 0.2) is 12.1 Å². The molecular weight excluding hydrogens is 206 g/mol. The van der Waals surface area contributed by atoms with Gasteiger partial charge in [0.1, 0.15) is 11.6 Å². The largest absolute Gasteiger partial charge is 0.384 e. The number of tetrazole rings is 1. The van der Waals surface area contributed by atoms with Gasteiger partial charge in [0.15, 0.2) is 0 Å². The van der Waals surface area contributed by atoms with Crippen LogP contribution in [0.4, 0.5) is 11.6 Å². The van der Waals surface area contributed by atoms with E-state index < -0.39 is 0 Å². The van der Waals surface area contributed by atoms with E-state index >= 15 is 0 Å². The number of nitrogens with two attached hydrogens (primary N) is 2. The zero-order valence-corrected chi connectivity index (χ0v) is 8.96. The number of aromatic nitrogens is 5. The maximum Gasteiger partial charge on any atom is 0.208 e. The SMILES string of the molecule is CCCn1nnc(-c2ccc(N)nc2N)n1. The van der Waals surface area contributed by atoms with Gasteiger partial charge in [0.2, 0.25) is 5.82 Å². The molecule has 2 aromatic heterocycles. The van der Waals surface area contributed by atoms with Crippen LogP contribution in [-0.4, -0.2) is 25.2 Å². The van der Waals surface area contributed by atoms with E-state index in [9.17, 15) is 0 Å². The molecule has 0 aliphatic rings. The number of nitrogen functional groups attached to an aromatic ring is 2. The van der Waals surface area contributed by atoms with Crippen LogP contribution in [0.2, 0.25) is 0 Å². The van der Waals surface area contributed by atoms with Crippen molar-refractivity contribution >= 4 is 11.6 Å². The van der Waals surface area contributed by atoms with Crippen molar-refractivity contribution < 1.29 is 0 Å². The molecule has 0 spiro atoms. The highest BCUT2D eigenvalue weighted by Gasteiger charge is 2.10. The zero-order valence-electron chi connectivity index (χ0n) is 8.96. The summed E-state index contributed by atoms with van der Waals surface area (Å²) in [5.41, 5.74) is 11.9. The summed E-state index contributed by atoms with van der Waals surface area (Å²) in [6.07, 6.45) is 0.950. The summed E-state index contributed by atoms with van der Waals surface area (Å²) in [7, 11) is 0. The van der Waals surface area contributed by atoms with Crippen molar-refractivity contribution in [3.8, 4) is 11.4 Å². The lowest BCUT2D eigenvalue weighted by Gasteiger charge is -2.00. The van der Waals surface area contributed by atoms with E-state index in [1.807, 2.05) is 6.92 Å². The van der Waals surface area contributed by atoms with Gasteiger partial charge in [0.25, 0.3) is 0 Å². The third-order valence-electron chi connectivity index (χ3n) is 2.06. The van der Waals surface area contributed by atoms with Crippen LogP contribution in [0, 0.1) is 0 Å². The Morgan fingerprint density at radius 2 is 2.12 bits per heavy atom. The lowest BCUT2D eigenvalue weighted by molar-refractivity contribution is 0.515. The molecule has 0 aromatic carbocycles. The Balaban J connectivity index is 2.35. The maximum absolute atomic E-state index is 5.73. The minimum absolute atomic E-state index is 0.316. The maximum atomic E-state index is 5.73. The molecule has 2 rings (SSSR count). The van der Waals surface area contributed by atoms with E-state index in [0.29, 0.717) is 23.0 Å². The van der Waals surface area contributed by atoms with Gasteiger partial charge in [0.05, 0.1) is 12.1 Å². The molecule has 7 nitrogen and oxygen atoms in total. The Morgan fingerprint density at radius 1 is 1.31 bits per heavy atom. The van der Waals surface area contributed by atoms with Gasteiger partial charge in [-0.15, -0.1) is 10.2 Å². The van der Waals surface area contributed by atoms with Crippen LogP contribution >= 0.6 is 0 Å². The van der Waals surface area contributed by atoms with Crippen molar-refractivity contribution in [1.29, 1.82) is 0 Å². The van der Waals surface area contributed by atoms with Crippen LogP contribution in [0.3, 0.4) is 0 Å². The highest BCUT2D eigenvalue weighted by atomic mass is 15.6. The van der Waals surface area contributed by atoms with E-state index in [4.69, 9.17) is 11.5 Å². The molecule has 2 heterocycles. The third-order valence-corrected chi connectivity index (χ3v) is 2.06. The van der Waals surface area contributed by atoms with E-state index in [-0.39, 0.29) is 0 Å². The molecular formula is C9H13N7. The second kappa shape index (κ2) is 4.13. The van der Waals surface area contributed by atoms with Crippen molar-refractivity contribution in [2.75, 3.05) is 11.5 Å². The fourth-order valence-electron chi connectivity index (χ4n) is 1.33. The van der Waals surface area contributed by atoms with Gasteiger partial charge in [0, 0.05) is 0 Å². The van der Waals surface area contributed by atoms with Gasteiger partial charge >= 0.3 is 0 Å². The molecule has 0 atom stereocenters. The molecule has 0 unspecified atom stereocenters. The van der Waals surface area contributed by atoms with E-state index in [1.54, 1.807) is 12.1 Å². The Morgan fingerprint density at radius 3 is 2.81 bits per heavy atom. The minimum Gasteiger partial charge on any atom is -0.384 e. The van der Waals surface area contributed by atoms with Crippen LogP contribution in [0.25, 0.3) is 11.4 Å². The molecule has 0 amide bonds. The molecule has 84 valence electrons. The Hall–Kier alpha value is -2.18. The summed E-state index contributed by atoms with van der Waals surface area (Å²) in [4.78, 5) is 5.48. The molecule has 4 N–H and O–H groups in total. The predicted octanol–water partition coefficient (Wildman–Crippen LogP) is 0.309. The van der Waals surface area contributed by atoms with Gasteiger partial charge in [-0.05, 0) is 23.8 Å². The standard InChI is InChI=1S/C9H13N7/c1-2-5-16-14-9(13-15-16)6-3-4-7(10)12-8(6)11/h3-4H,2,5H2,1H3,(H4,10,11,12). The number of rotatable bonds is 3. The molecule has 0 saturated carbocycles. The van der Waals surface area contributed by atoms with Gasteiger partial charge in [-0.2, -0.15) is 4.80 Å². The van der Waals surface area contributed by atoms with Crippen molar-refractivity contribution in [2.24, 2.45) is 0 Å². The molecule has 7 heteroatoms. The van der Waals surface area contributed by atoms with Gasteiger partial charge in [-0.25, -0.2) is 4.98 Å². The first-order chi connectivity index (χ1) is 7.70. The van der Waals surface area contributed by atoms with Gasteiger partial charge in [-0.3, -0.25) is 0 Å².